The van der Waals surface area contributed by atoms with Crippen molar-refractivity contribution in [1.29, 1.82) is 0 Å². The smallest absolute Gasteiger partial charge is 0.184 e. The van der Waals surface area contributed by atoms with Crippen LogP contribution < -0.4 is 0 Å². The Bertz CT molecular complexity index is 632. The van der Waals surface area contributed by atoms with Crippen molar-refractivity contribution in [3.63, 3.8) is 0 Å². The molecule has 2 heterocycles. The van der Waals surface area contributed by atoms with Crippen LogP contribution in [0.15, 0.2) is 60.7 Å². The van der Waals surface area contributed by atoms with E-state index in [4.69, 9.17) is 18.9 Å². The van der Waals surface area contributed by atoms with Crippen LogP contribution in [0.1, 0.15) is 23.7 Å². The monoisotopic (exact) mass is 358 g/mol. The summed E-state index contributed by atoms with van der Waals surface area (Å²) in [6.45, 7) is -0.430. The zero-order valence-electron chi connectivity index (χ0n) is 14.2. The maximum Gasteiger partial charge on any atom is 0.184 e. The summed E-state index contributed by atoms with van der Waals surface area (Å²) >= 11 is 0. The van der Waals surface area contributed by atoms with Gasteiger partial charge in [0.2, 0.25) is 0 Å². The summed E-state index contributed by atoms with van der Waals surface area (Å²) in [6, 6.07) is 19.0. The van der Waals surface area contributed by atoms with Crippen molar-refractivity contribution in [2.24, 2.45) is 0 Å². The number of aliphatic hydroxyl groups is 2. The molecule has 2 aromatic rings. The van der Waals surface area contributed by atoms with Gasteiger partial charge in [-0.2, -0.15) is 0 Å². The van der Waals surface area contributed by atoms with Gasteiger partial charge in [-0.05, 0) is 0 Å². The van der Waals surface area contributed by atoms with E-state index in [9.17, 15) is 10.2 Å². The quantitative estimate of drug-likeness (QED) is 0.870. The van der Waals surface area contributed by atoms with E-state index in [-0.39, 0.29) is 13.2 Å². The third-order valence-corrected chi connectivity index (χ3v) is 4.72. The molecule has 6 atom stereocenters. The van der Waals surface area contributed by atoms with Gasteiger partial charge in [-0.15, -0.1) is 0 Å². The van der Waals surface area contributed by atoms with E-state index < -0.39 is 37.0 Å². The lowest BCUT2D eigenvalue weighted by atomic mass is 9.99. The molecule has 0 radical (unpaired) electrons. The minimum Gasteiger partial charge on any atom is -0.394 e. The van der Waals surface area contributed by atoms with E-state index in [0.29, 0.717) is 0 Å². The molecule has 2 N–H and O–H groups in total. The second kappa shape index (κ2) is 7.84. The third-order valence-electron chi connectivity index (χ3n) is 4.72. The summed E-state index contributed by atoms with van der Waals surface area (Å²) in [7, 11) is 0. The summed E-state index contributed by atoms with van der Waals surface area (Å²) in [6.07, 6.45) is -3.55. The molecule has 0 saturated carbocycles. The molecule has 2 fully saturated rings. The van der Waals surface area contributed by atoms with Crippen molar-refractivity contribution >= 4 is 0 Å². The largest absolute Gasteiger partial charge is 0.394 e. The zero-order chi connectivity index (χ0) is 17.9. The molecule has 0 aliphatic carbocycles. The molecule has 2 saturated heterocycles. The number of benzene rings is 2. The first-order chi connectivity index (χ1) is 12.8. The highest BCUT2D eigenvalue weighted by molar-refractivity contribution is 5.18. The summed E-state index contributed by atoms with van der Waals surface area (Å²) in [5.41, 5.74) is 1.68. The maximum atomic E-state index is 9.85. The summed E-state index contributed by atoms with van der Waals surface area (Å²) in [4.78, 5) is 0. The predicted octanol–water partition coefficient (Wildman–Crippen LogP) is 1.94. The van der Waals surface area contributed by atoms with E-state index in [1.165, 1.54) is 0 Å². The molecule has 0 amide bonds. The first-order valence-electron chi connectivity index (χ1n) is 8.73. The van der Waals surface area contributed by atoms with Gasteiger partial charge < -0.3 is 29.2 Å². The SMILES string of the molecule is OCC1OC(c2ccccc2)OC2C(CO)OC(c3ccccc3)OC12. The highest BCUT2D eigenvalue weighted by Gasteiger charge is 2.49. The lowest BCUT2D eigenvalue weighted by molar-refractivity contribution is -0.387. The van der Waals surface area contributed by atoms with Crippen LogP contribution in [0.25, 0.3) is 0 Å². The molecule has 0 bridgehead atoms. The predicted molar refractivity (Wildman–Crippen MR) is 92.0 cm³/mol. The fraction of sp³-hybridized carbons (Fsp3) is 0.400. The number of aliphatic hydroxyl groups excluding tert-OH is 2. The van der Waals surface area contributed by atoms with Gasteiger partial charge >= 0.3 is 0 Å². The van der Waals surface area contributed by atoms with Crippen LogP contribution in [-0.4, -0.2) is 47.8 Å². The molecule has 2 aliphatic heterocycles. The van der Waals surface area contributed by atoms with Crippen LogP contribution in [0.4, 0.5) is 0 Å². The maximum absolute atomic E-state index is 9.85. The number of fused-ring (bicyclic) bond motifs is 1. The Balaban J connectivity index is 1.59. The number of hydrogen-bond donors (Lipinski definition) is 2. The van der Waals surface area contributed by atoms with E-state index in [1.807, 2.05) is 60.7 Å². The van der Waals surface area contributed by atoms with Gasteiger partial charge in [-0.1, -0.05) is 60.7 Å². The van der Waals surface area contributed by atoms with Crippen molar-refractivity contribution in [1.82, 2.24) is 0 Å². The lowest BCUT2D eigenvalue weighted by Crippen LogP contribution is -2.59. The normalized spacial score (nSPS) is 34.2. The highest BCUT2D eigenvalue weighted by atomic mass is 16.8. The van der Waals surface area contributed by atoms with Gasteiger partial charge in [-0.3, -0.25) is 0 Å². The van der Waals surface area contributed by atoms with Crippen LogP contribution in [0.5, 0.6) is 0 Å². The van der Waals surface area contributed by atoms with Crippen LogP contribution in [0, 0.1) is 0 Å². The molecular formula is C20H22O6. The Morgan fingerprint density at radius 2 is 0.962 bits per heavy atom. The Kier molecular flexibility index (Phi) is 5.31. The molecule has 0 spiro atoms. The molecule has 2 aromatic carbocycles. The third kappa shape index (κ3) is 3.40. The number of rotatable bonds is 4. The number of hydrogen-bond acceptors (Lipinski definition) is 6. The van der Waals surface area contributed by atoms with E-state index in [2.05, 4.69) is 0 Å². The van der Waals surface area contributed by atoms with Crippen molar-refractivity contribution in [3.05, 3.63) is 71.8 Å². The molecule has 6 heteroatoms. The molecular weight excluding hydrogens is 336 g/mol. The van der Waals surface area contributed by atoms with E-state index in [1.54, 1.807) is 0 Å². The molecule has 2 aliphatic rings. The van der Waals surface area contributed by atoms with Gasteiger partial charge in [0.1, 0.15) is 24.4 Å². The molecule has 26 heavy (non-hydrogen) atoms. The first kappa shape index (κ1) is 17.6. The fourth-order valence-corrected chi connectivity index (χ4v) is 3.40. The van der Waals surface area contributed by atoms with Crippen molar-refractivity contribution in [2.75, 3.05) is 13.2 Å². The minimum absolute atomic E-state index is 0.215. The molecule has 4 rings (SSSR count). The fourth-order valence-electron chi connectivity index (χ4n) is 3.40. The van der Waals surface area contributed by atoms with Crippen LogP contribution in [0.2, 0.25) is 0 Å². The average Bonchev–Trinajstić information content (AvgIpc) is 2.73. The Morgan fingerprint density at radius 1 is 0.577 bits per heavy atom. The Morgan fingerprint density at radius 3 is 1.31 bits per heavy atom. The van der Waals surface area contributed by atoms with Crippen LogP contribution in [0.3, 0.4) is 0 Å². The Labute approximate surface area is 151 Å². The standard InChI is InChI=1S/C20H22O6/c21-11-15-18-17(25-19(23-15)13-7-3-1-4-8-13)16(12-22)24-20(26-18)14-9-5-2-6-10-14/h1-10,15-22H,11-12H2. The number of ether oxygens (including phenoxy) is 4. The van der Waals surface area contributed by atoms with Crippen molar-refractivity contribution in [2.45, 2.75) is 37.0 Å². The molecule has 0 aromatic heterocycles. The Hall–Kier alpha value is -1.80. The van der Waals surface area contributed by atoms with Crippen molar-refractivity contribution in [3.8, 4) is 0 Å². The minimum atomic E-state index is -0.649. The first-order valence-corrected chi connectivity index (χ1v) is 8.73. The summed E-state index contributed by atoms with van der Waals surface area (Å²) in [5.74, 6) is 0. The van der Waals surface area contributed by atoms with Crippen molar-refractivity contribution < 1.29 is 29.2 Å². The lowest BCUT2D eigenvalue weighted by Gasteiger charge is -2.48. The highest BCUT2D eigenvalue weighted by Crippen LogP contribution is 2.40. The topological polar surface area (TPSA) is 77.4 Å². The van der Waals surface area contributed by atoms with Gasteiger partial charge in [0.25, 0.3) is 0 Å². The van der Waals surface area contributed by atoms with Gasteiger partial charge in [0.15, 0.2) is 12.6 Å². The van der Waals surface area contributed by atoms with Gasteiger partial charge in [0.05, 0.1) is 13.2 Å². The summed E-state index contributed by atoms with van der Waals surface area (Å²) < 4.78 is 24.0. The van der Waals surface area contributed by atoms with Gasteiger partial charge in [-0.25, -0.2) is 0 Å². The summed E-state index contributed by atoms with van der Waals surface area (Å²) in [5, 5.41) is 19.7. The van der Waals surface area contributed by atoms with E-state index in [0.717, 1.165) is 11.1 Å². The van der Waals surface area contributed by atoms with Crippen LogP contribution >= 0.6 is 0 Å². The van der Waals surface area contributed by atoms with E-state index >= 15 is 0 Å². The second-order valence-electron chi connectivity index (χ2n) is 6.40. The molecule has 6 nitrogen and oxygen atoms in total. The zero-order valence-corrected chi connectivity index (χ0v) is 14.2. The molecule has 138 valence electrons. The molecule has 6 unspecified atom stereocenters. The van der Waals surface area contributed by atoms with Gasteiger partial charge in [0, 0.05) is 11.1 Å². The van der Waals surface area contributed by atoms with Crippen LogP contribution in [-0.2, 0) is 18.9 Å². The average molecular weight is 358 g/mol. The second-order valence-corrected chi connectivity index (χ2v) is 6.40.